The number of carbonyl (C=O) groups excluding carboxylic acids is 1. The molecule has 1 heterocycles. The number of azo groups is 1. The lowest BCUT2D eigenvalue weighted by Crippen LogP contribution is -2.43. The van der Waals surface area contributed by atoms with Gasteiger partial charge in [-0.15, -0.1) is 0 Å². The second-order valence-corrected chi connectivity index (χ2v) is 10.9. The molecule has 0 atom stereocenters. The molecule has 12 heteroatoms. The number of aryl methyl sites for hydroxylation is 2. The first-order chi connectivity index (χ1) is 16.4. The summed E-state index contributed by atoms with van der Waals surface area (Å²) >= 11 is 0. The maximum Gasteiger partial charge on any atom is 0.500 e. The topological polar surface area (TPSA) is 114 Å². The lowest BCUT2D eigenvalue weighted by Gasteiger charge is -2.24. The highest BCUT2D eigenvalue weighted by molar-refractivity contribution is 6.60. The van der Waals surface area contributed by atoms with E-state index in [0.717, 1.165) is 36.7 Å². The van der Waals surface area contributed by atoms with Gasteiger partial charge in [0.2, 0.25) is 5.91 Å². The van der Waals surface area contributed by atoms with Gasteiger partial charge in [-0.2, -0.15) is 0 Å². The molecule has 188 valence electrons. The maximum absolute atomic E-state index is 11.9. The first kappa shape index (κ1) is 27.6. The van der Waals surface area contributed by atoms with Crippen LogP contribution in [0.15, 0.2) is 46.9 Å². The van der Waals surface area contributed by atoms with Crippen molar-refractivity contribution in [1.29, 1.82) is 0 Å². The fraction of sp³-hybridized carbons (Fsp3) is 0.545. The SMILES string of the molecule is CO[Si](CCCNCC(=O)NCCCNc1ccc(/N=N/c2n(C)cc[n+]2C)cc1)(OC)OC. The van der Waals surface area contributed by atoms with Crippen molar-refractivity contribution in [2.24, 2.45) is 24.3 Å². The molecule has 0 radical (unpaired) electrons. The van der Waals surface area contributed by atoms with Crippen LogP contribution in [0.5, 0.6) is 0 Å². The number of rotatable bonds is 16. The predicted molar refractivity (Wildman–Crippen MR) is 132 cm³/mol. The van der Waals surface area contributed by atoms with Crippen molar-refractivity contribution < 1.29 is 22.6 Å². The monoisotopic (exact) mass is 492 g/mol. The Balaban J connectivity index is 1.56. The molecule has 2 rings (SSSR count). The summed E-state index contributed by atoms with van der Waals surface area (Å²) in [7, 11) is 6.13. The minimum atomic E-state index is -2.54. The lowest BCUT2D eigenvalue weighted by atomic mass is 10.3. The minimum absolute atomic E-state index is 0.0185. The molecule has 0 aliphatic rings. The highest BCUT2D eigenvalue weighted by Gasteiger charge is 2.36. The molecule has 0 bridgehead atoms. The summed E-state index contributed by atoms with van der Waals surface area (Å²) < 4.78 is 20.0. The minimum Gasteiger partial charge on any atom is -0.385 e. The molecule has 11 nitrogen and oxygen atoms in total. The zero-order valence-corrected chi connectivity index (χ0v) is 21.8. The van der Waals surface area contributed by atoms with Crippen molar-refractivity contribution in [2.45, 2.75) is 18.9 Å². The van der Waals surface area contributed by atoms with E-state index in [9.17, 15) is 4.79 Å². The number of hydrogen-bond donors (Lipinski definition) is 3. The van der Waals surface area contributed by atoms with Gasteiger partial charge in [-0.1, -0.05) is 5.11 Å². The van der Waals surface area contributed by atoms with E-state index in [1.807, 2.05) is 59.9 Å². The Kier molecular flexibility index (Phi) is 11.8. The van der Waals surface area contributed by atoms with Gasteiger partial charge in [0.05, 0.1) is 33.0 Å². The van der Waals surface area contributed by atoms with Crippen LogP contribution in [0, 0.1) is 0 Å². The molecule has 1 aromatic carbocycles. The smallest absolute Gasteiger partial charge is 0.385 e. The van der Waals surface area contributed by atoms with Gasteiger partial charge in [-0.05, 0) is 43.7 Å². The third kappa shape index (κ3) is 8.95. The van der Waals surface area contributed by atoms with Crippen LogP contribution in [-0.4, -0.2) is 66.8 Å². The number of aromatic nitrogens is 2. The Morgan fingerprint density at radius 2 is 1.74 bits per heavy atom. The molecule has 0 aliphatic carbocycles. The van der Waals surface area contributed by atoms with Gasteiger partial charge >= 0.3 is 14.8 Å². The van der Waals surface area contributed by atoms with E-state index in [2.05, 4.69) is 26.2 Å². The molecular weight excluding hydrogens is 454 g/mol. The molecule has 34 heavy (non-hydrogen) atoms. The van der Waals surface area contributed by atoms with E-state index in [-0.39, 0.29) is 12.5 Å². The van der Waals surface area contributed by atoms with Gasteiger partial charge in [-0.25, -0.2) is 9.13 Å². The van der Waals surface area contributed by atoms with Crippen molar-refractivity contribution in [3.05, 3.63) is 36.7 Å². The fourth-order valence-corrected chi connectivity index (χ4v) is 4.99. The number of amides is 1. The molecule has 0 fully saturated rings. The van der Waals surface area contributed by atoms with Crippen molar-refractivity contribution in [3.63, 3.8) is 0 Å². The Morgan fingerprint density at radius 1 is 1.03 bits per heavy atom. The highest BCUT2D eigenvalue weighted by atomic mass is 28.4. The Hall–Kier alpha value is -2.64. The fourth-order valence-electron chi connectivity index (χ4n) is 3.27. The molecule has 0 saturated heterocycles. The van der Waals surface area contributed by atoms with Crippen molar-refractivity contribution in [2.75, 3.05) is 52.8 Å². The van der Waals surface area contributed by atoms with Gasteiger partial charge in [0.15, 0.2) is 0 Å². The van der Waals surface area contributed by atoms with Gasteiger partial charge in [-0.3, -0.25) is 4.79 Å². The number of hydrogen-bond acceptors (Lipinski definition) is 8. The molecule has 0 aliphatic heterocycles. The van der Waals surface area contributed by atoms with Crippen molar-refractivity contribution in [3.8, 4) is 0 Å². The van der Waals surface area contributed by atoms with Gasteiger partial charge in [0, 0.05) is 51.3 Å². The van der Waals surface area contributed by atoms with Gasteiger partial charge in [0.1, 0.15) is 5.69 Å². The number of nitrogens with zero attached hydrogens (tertiary/aromatic N) is 4. The third-order valence-corrected chi connectivity index (χ3v) is 8.16. The second kappa shape index (κ2) is 14.6. The molecule has 0 spiro atoms. The third-order valence-electron chi connectivity index (χ3n) is 5.33. The van der Waals surface area contributed by atoms with Crippen LogP contribution >= 0.6 is 0 Å². The molecule has 1 amide bonds. The second-order valence-electron chi connectivity index (χ2n) is 7.77. The number of carbonyl (C=O) groups is 1. The van der Waals surface area contributed by atoms with Gasteiger partial charge < -0.3 is 29.2 Å². The number of imidazole rings is 1. The normalized spacial score (nSPS) is 11.8. The quantitative estimate of drug-likeness (QED) is 0.143. The largest absolute Gasteiger partial charge is 0.500 e. The van der Waals surface area contributed by atoms with Crippen molar-refractivity contribution >= 4 is 32.0 Å². The van der Waals surface area contributed by atoms with E-state index in [1.54, 1.807) is 21.3 Å². The Labute approximate surface area is 202 Å². The van der Waals surface area contributed by atoms with Crippen molar-refractivity contribution in [1.82, 2.24) is 15.2 Å². The summed E-state index contributed by atoms with van der Waals surface area (Å²) in [5.74, 6) is 0.751. The zero-order chi connectivity index (χ0) is 24.8. The predicted octanol–water partition coefficient (Wildman–Crippen LogP) is 2.04. The van der Waals surface area contributed by atoms with Crippen LogP contribution in [-0.2, 0) is 32.2 Å². The number of nitrogens with one attached hydrogen (secondary N) is 3. The van der Waals surface area contributed by atoms with E-state index >= 15 is 0 Å². The van der Waals surface area contributed by atoms with Crippen LogP contribution in [0.4, 0.5) is 17.3 Å². The number of anilines is 1. The molecule has 2 aromatic rings. The Morgan fingerprint density at radius 3 is 2.35 bits per heavy atom. The first-order valence-electron chi connectivity index (χ1n) is 11.3. The Bertz CT molecular complexity index is 873. The summed E-state index contributed by atoms with van der Waals surface area (Å²) in [6.07, 6.45) is 5.49. The standard InChI is InChI=1S/C22H37N7O4Si/c1-28-15-16-29(2)22(28)27-26-20-10-8-19(9-11-20)24-13-6-14-25-21(30)18-23-12-7-17-34(31-3,32-4)33-5/h8-11,15-16,23H,6-7,12-14,17-18H2,1-5H3,(H,25,30)/p+1. The molecule has 3 N–H and O–H groups in total. The zero-order valence-electron chi connectivity index (χ0n) is 20.8. The van der Waals surface area contributed by atoms with E-state index in [0.29, 0.717) is 19.1 Å². The van der Waals surface area contributed by atoms with Crippen LogP contribution in [0.3, 0.4) is 0 Å². The summed E-state index contributed by atoms with van der Waals surface area (Å²) in [4.78, 5) is 11.9. The summed E-state index contributed by atoms with van der Waals surface area (Å²) in [5, 5.41) is 18.0. The van der Waals surface area contributed by atoms with E-state index in [4.69, 9.17) is 13.3 Å². The highest BCUT2D eigenvalue weighted by Crippen LogP contribution is 2.18. The maximum atomic E-state index is 11.9. The van der Waals surface area contributed by atoms with Crippen LogP contribution in [0.1, 0.15) is 12.8 Å². The first-order valence-corrected chi connectivity index (χ1v) is 13.3. The van der Waals surface area contributed by atoms with E-state index in [1.165, 1.54) is 0 Å². The molecule has 1 aromatic heterocycles. The average molecular weight is 493 g/mol. The van der Waals surface area contributed by atoms with Crippen LogP contribution in [0.25, 0.3) is 0 Å². The summed E-state index contributed by atoms with van der Waals surface area (Å²) in [6.45, 7) is 2.34. The molecule has 0 saturated carbocycles. The van der Waals surface area contributed by atoms with Gasteiger partial charge in [0.25, 0.3) is 0 Å². The lowest BCUT2D eigenvalue weighted by molar-refractivity contribution is -0.657. The molecule has 0 unspecified atom stereocenters. The van der Waals surface area contributed by atoms with Crippen LogP contribution < -0.4 is 20.5 Å². The van der Waals surface area contributed by atoms with Crippen LogP contribution in [0.2, 0.25) is 6.04 Å². The average Bonchev–Trinajstić information content (AvgIpc) is 3.18. The van der Waals surface area contributed by atoms with E-state index < -0.39 is 8.80 Å². The summed E-state index contributed by atoms with van der Waals surface area (Å²) in [6, 6.07) is 8.47. The number of benzene rings is 1. The molecular formula is C22H38N7O4Si+. The summed E-state index contributed by atoms with van der Waals surface area (Å²) in [5.41, 5.74) is 1.78.